The summed E-state index contributed by atoms with van der Waals surface area (Å²) in [5, 5.41) is 4.24. The fraction of sp³-hybridized carbons (Fsp3) is 0.550. The monoisotopic (exact) mass is 354 g/mol. The van der Waals surface area contributed by atoms with E-state index in [1.54, 1.807) is 0 Å². The topological polar surface area (TPSA) is 85.3 Å². The van der Waals surface area contributed by atoms with Crippen LogP contribution >= 0.6 is 0 Å². The van der Waals surface area contributed by atoms with Gasteiger partial charge in [-0.15, -0.1) is 0 Å². The predicted octanol–water partition coefficient (Wildman–Crippen LogP) is 2.28. The molecule has 1 aromatic carbocycles. The molecule has 0 spiro atoms. The average Bonchev–Trinajstić information content (AvgIpc) is 3.30. The number of carbonyl (C=O) groups is 1. The van der Waals surface area contributed by atoms with Crippen molar-refractivity contribution in [3.8, 4) is 0 Å². The van der Waals surface area contributed by atoms with Crippen LogP contribution in [-0.4, -0.2) is 40.1 Å². The van der Waals surface area contributed by atoms with E-state index in [4.69, 9.17) is 15.2 Å². The molecule has 2 aromatic rings. The lowest BCUT2D eigenvalue weighted by molar-refractivity contribution is -0.123. The fourth-order valence-corrected chi connectivity index (χ4v) is 4.86. The molecule has 1 saturated carbocycles. The summed E-state index contributed by atoms with van der Waals surface area (Å²) in [7, 11) is 0. The van der Waals surface area contributed by atoms with E-state index in [1.165, 1.54) is 12.0 Å². The molecule has 6 nitrogen and oxygen atoms in total. The quantitative estimate of drug-likeness (QED) is 0.860. The molecule has 0 bridgehead atoms. The van der Waals surface area contributed by atoms with Crippen LogP contribution in [0.5, 0.6) is 0 Å². The Kier molecular flexibility index (Phi) is 4.53. The summed E-state index contributed by atoms with van der Waals surface area (Å²) < 4.78 is 5.74. The van der Waals surface area contributed by atoms with Crippen LogP contribution in [0.3, 0.4) is 0 Å². The molecule has 2 fully saturated rings. The first kappa shape index (κ1) is 17.2. The minimum atomic E-state index is -0.238. The van der Waals surface area contributed by atoms with Crippen molar-refractivity contribution in [3.05, 3.63) is 47.6 Å². The van der Waals surface area contributed by atoms with Gasteiger partial charge in [0, 0.05) is 19.5 Å². The van der Waals surface area contributed by atoms with E-state index < -0.39 is 0 Å². The number of carbonyl (C=O) groups excluding carboxylic acids is 1. The van der Waals surface area contributed by atoms with E-state index in [0.29, 0.717) is 12.3 Å². The molecule has 2 aliphatic rings. The number of hydrogen-bond donors (Lipinski definition) is 1. The molecular weight excluding hydrogens is 328 g/mol. The van der Waals surface area contributed by atoms with Crippen molar-refractivity contribution in [3.63, 3.8) is 0 Å². The zero-order valence-electron chi connectivity index (χ0n) is 15.2. The molecule has 1 amide bonds. The third-order valence-corrected chi connectivity index (χ3v) is 6.15. The standard InChI is InChI=1S/C20H26N4O2/c1-2-16(18(21)25)24-12-15-9-6-10-20(15,13-24)19-22-17(23-26-19)11-14-7-4-3-5-8-14/h3-5,7-8,15-16H,2,6,9-13H2,1H3,(H2,21,25)/t15-,16+,20-/m1/s1. The maximum absolute atomic E-state index is 11.8. The molecule has 0 unspecified atom stereocenters. The van der Waals surface area contributed by atoms with E-state index in [0.717, 1.165) is 44.1 Å². The van der Waals surface area contributed by atoms with Gasteiger partial charge in [-0.25, -0.2) is 0 Å². The van der Waals surface area contributed by atoms with Crippen LogP contribution < -0.4 is 5.73 Å². The number of nitrogens with zero attached hydrogens (tertiary/aromatic N) is 3. The molecule has 1 saturated heterocycles. The first-order valence-corrected chi connectivity index (χ1v) is 9.53. The Hall–Kier alpha value is -2.21. The normalized spacial score (nSPS) is 26.7. The highest BCUT2D eigenvalue weighted by Gasteiger charge is 2.55. The summed E-state index contributed by atoms with van der Waals surface area (Å²) in [6, 6.07) is 9.98. The Balaban J connectivity index is 1.57. The number of amides is 1. The number of hydrogen-bond acceptors (Lipinski definition) is 5. The van der Waals surface area contributed by atoms with Gasteiger partial charge < -0.3 is 10.3 Å². The van der Waals surface area contributed by atoms with E-state index >= 15 is 0 Å². The number of aromatic nitrogens is 2. The third kappa shape index (κ3) is 2.92. The first-order valence-electron chi connectivity index (χ1n) is 9.53. The SMILES string of the molecule is CC[C@@H](C(N)=O)N1C[C@H]2CCC[C@@]2(c2nc(Cc3ccccc3)no2)C1. The molecular formula is C20H26N4O2. The summed E-state index contributed by atoms with van der Waals surface area (Å²) in [4.78, 5) is 18.8. The van der Waals surface area contributed by atoms with Crippen LogP contribution in [0.15, 0.2) is 34.9 Å². The number of fused-ring (bicyclic) bond motifs is 1. The Labute approximate surface area is 153 Å². The summed E-state index contributed by atoms with van der Waals surface area (Å²) in [5.74, 6) is 1.69. The Morgan fingerprint density at radius 3 is 2.96 bits per heavy atom. The lowest BCUT2D eigenvalue weighted by atomic mass is 9.80. The van der Waals surface area contributed by atoms with Gasteiger partial charge in [-0.3, -0.25) is 9.69 Å². The maximum Gasteiger partial charge on any atom is 0.234 e. The minimum Gasteiger partial charge on any atom is -0.368 e. The summed E-state index contributed by atoms with van der Waals surface area (Å²) in [6.07, 6.45) is 4.76. The van der Waals surface area contributed by atoms with E-state index in [9.17, 15) is 4.79 Å². The molecule has 138 valence electrons. The van der Waals surface area contributed by atoms with Gasteiger partial charge >= 0.3 is 0 Å². The number of primary amides is 1. The van der Waals surface area contributed by atoms with Crippen LogP contribution in [0.1, 0.15) is 49.9 Å². The second-order valence-corrected chi connectivity index (χ2v) is 7.68. The summed E-state index contributed by atoms with van der Waals surface area (Å²) >= 11 is 0. The van der Waals surface area contributed by atoms with Crippen molar-refractivity contribution in [2.75, 3.05) is 13.1 Å². The van der Waals surface area contributed by atoms with Gasteiger partial charge in [0.15, 0.2) is 5.82 Å². The molecule has 1 aliphatic carbocycles. The highest BCUT2D eigenvalue weighted by atomic mass is 16.5. The number of likely N-dealkylation sites (tertiary alicyclic amines) is 1. The molecule has 4 rings (SSSR count). The lowest BCUT2D eigenvalue weighted by Gasteiger charge is -2.27. The molecule has 0 radical (unpaired) electrons. The summed E-state index contributed by atoms with van der Waals surface area (Å²) in [5.41, 5.74) is 6.67. The number of nitrogens with two attached hydrogens (primary N) is 1. The smallest absolute Gasteiger partial charge is 0.234 e. The Morgan fingerprint density at radius 2 is 2.23 bits per heavy atom. The fourth-order valence-electron chi connectivity index (χ4n) is 4.86. The zero-order chi connectivity index (χ0) is 18.1. The average molecular weight is 354 g/mol. The van der Waals surface area contributed by atoms with Crippen molar-refractivity contribution in [1.29, 1.82) is 0 Å². The minimum absolute atomic E-state index is 0.120. The van der Waals surface area contributed by atoms with Gasteiger partial charge in [0.05, 0.1) is 11.5 Å². The van der Waals surface area contributed by atoms with E-state index in [2.05, 4.69) is 22.2 Å². The van der Waals surface area contributed by atoms with Crippen molar-refractivity contribution < 1.29 is 9.32 Å². The second kappa shape index (κ2) is 6.83. The van der Waals surface area contributed by atoms with Crippen molar-refractivity contribution in [1.82, 2.24) is 15.0 Å². The van der Waals surface area contributed by atoms with Crippen LogP contribution in [0.25, 0.3) is 0 Å². The molecule has 3 atom stereocenters. The molecule has 26 heavy (non-hydrogen) atoms. The molecule has 2 N–H and O–H groups in total. The van der Waals surface area contributed by atoms with Crippen LogP contribution in [-0.2, 0) is 16.6 Å². The van der Waals surface area contributed by atoms with Crippen LogP contribution in [0.4, 0.5) is 0 Å². The highest BCUT2D eigenvalue weighted by molar-refractivity contribution is 5.79. The lowest BCUT2D eigenvalue weighted by Crippen LogP contribution is -2.44. The zero-order valence-corrected chi connectivity index (χ0v) is 15.2. The van der Waals surface area contributed by atoms with Gasteiger partial charge in [-0.05, 0) is 30.7 Å². The second-order valence-electron chi connectivity index (χ2n) is 7.68. The van der Waals surface area contributed by atoms with Gasteiger partial charge in [0.1, 0.15) is 0 Å². The summed E-state index contributed by atoms with van der Waals surface area (Å²) in [6.45, 7) is 3.69. The van der Waals surface area contributed by atoms with Gasteiger partial charge in [0.25, 0.3) is 0 Å². The highest BCUT2D eigenvalue weighted by Crippen LogP contribution is 2.50. The molecule has 6 heteroatoms. The maximum atomic E-state index is 11.8. The van der Waals surface area contributed by atoms with Crippen LogP contribution in [0, 0.1) is 5.92 Å². The van der Waals surface area contributed by atoms with E-state index in [1.807, 2.05) is 25.1 Å². The molecule has 1 aliphatic heterocycles. The Bertz CT molecular complexity index is 775. The molecule has 2 heterocycles. The number of rotatable bonds is 6. The molecule has 1 aromatic heterocycles. The predicted molar refractivity (Wildman–Crippen MR) is 97.4 cm³/mol. The Morgan fingerprint density at radius 1 is 1.42 bits per heavy atom. The van der Waals surface area contributed by atoms with Gasteiger partial charge in [-0.2, -0.15) is 4.98 Å². The first-order chi connectivity index (χ1) is 12.6. The van der Waals surface area contributed by atoms with E-state index in [-0.39, 0.29) is 17.4 Å². The third-order valence-electron chi connectivity index (χ3n) is 6.15. The number of benzene rings is 1. The van der Waals surface area contributed by atoms with Crippen molar-refractivity contribution >= 4 is 5.91 Å². The van der Waals surface area contributed by atoms with Crippen LogP contribution in [0.2, 0.25) is 0 Å². The largest absolute Gasteiger partial charge is 0.368 e. The van der Waals surface area contributed by atoms with Crippen molar-refractivity contribution in [2.24, 2.45) is 11.7 Å². The van der Waals surface area contributed by atoms with Gasteiger partial charge in [-0.1, -0.05) is 48.8 Å². The van der Waals surface area contributed by atoms with Gasteiger partial charge in [0.2, 0.25) is 11.8 Å². The van der Waals surface area contributed by atoms with Crippen molar-refractivity contribution in [2.45, 2.75) is 50.5 Å².